The molecule has 0 amide bonds. The van der Waals surface area contributed by atoms with Crippen molar-refractivity contribution in [1.29, 1.82) is 0 Å². The smallest absolute Gasteiger partial charge is 0.161 e. The van der Waals surface area contributed by atoms with Gasteiger partial charge in [-0.3, -0.25) is 0 Å². The lowest BCUT2D eigenvalue weighted by atomic mass is 10.2. The Hall–Kier alpha value is -1.59. The van der Waals surface area contributed by atoms with Gasteiger partial charge in [-0.25, -0.2) is 9.97 Å². The molecule has 0 fully saturated rings. The molecule has 2 aromatic heterocycles. The number of nitrogens with zero attached hydrogens (tertiary/aromatic N) is 3. The van der Waals surface area contributed by atoms with Crippen LogP contribution in [0.15, 0.2) is 34.9 Å². The zero-order valence-corrected chi connectivity index (χ0v) is 16.1. The number of halogens is 2. The van der Waals surface area contributed by atoms with Gasteiger partial charge >= 0.3 is 0 Å². The van der Waals surface area contributed by atoms with Crippen LogP contribution in [0.4, 0.5) is 0 Å². The molecule has 0 spiro atoms. The van der Waals surface area contributed by atoms with Crippen molar-refractivity contribution in [2.45, 2.75) is 33.2 Å². The van der Waals surface area contributed by atoms with E-state index in [1.807, 2.05) is 30.3 Å². The maximum atomic E-state index is 6.46. The molecule has 0 aliphatic rings. The number of fused-ring (bicyclic) bond motifs is 1. The zero-order chi connectivity index (χ0) is 17.1. The van der Waals surface area contributed by atoms with E-state index >= 15 is 0 Å². The van der Waals surface area contributed by atoms with E-state index in [1.54, 1.807) is 0 Å². The van der Waals surface area contributed by atoms with Crippen LogP contribution in [0, 0.1) is 0 Å². The summed E-state index contributed by atoms with van der Waals surface area (Å²) in [5.74, 6) is 1.80. The minimum atomic E-state index is 0.635. The third-order valence-electron chi connectivity index (χ3n) is 3.78. The van der Waals surface area contributed by atoms with Crippen molar-refractivity contribution in [3.63, 3.8) is 0 Å². The highest BCUT2D eigenvalue weighted by Crippen LogP contribution is 2.26. The first-order valence-electron chi connectivity index (χ1n) is 8.05. The first-order chi connectivity index (χ1) is 11.6. The predicted octanol–water partition coefficient (Wildman–Crippen LogP) is 5.25. The molecule has 0 saturated carbocycles. The molecule has 0 aliphatic carbocycles. The van der Waals surface area contributed by atoms with E-state index in [4.69, 9.17) is 16.3 Å². The number of aromatic nitrogens is 3. The number of imidazole rings is 1. The van der Waals surface area contributed by atoms with Crippen LogP contribution in [0.3, 0.4) is 0 Å². The molecule has 4 nitrogen and oxygen atoms in total. The van der Waals surface area contributed by atoms with Gasteiger partial charge in [-0.05, 0) is 52.2 Å². The lowest BCUT2D eigenvalue weighted by molar-refractivity contribution is 0.317. The van der Waals surface area contributed by atoms with Gasteiger partial charge in [0.15, 0.2) is 5.65 Å². The second-order valence-corrected chi connectivity index (χ2v) is 6.77. The summed E-state index contributed by atoms with van der Waals surface area (Å²) in [7, 11) is 0. The van der Waals surface area contributed by atoms with Crippen LogP contribution in [-0.2, 0) is 13.0 Å². The summed E-state index contributed by atoms with van der Waals surface area (Å²) in [6.45, 7) is 5.50. The molecule has 6 heteroatoms. The Labute approximate surface area is 155 Å². The second kappa shape index (κ2) is 7.53. The number of ether oxygens (including phenoxy) is 1. The summed E-state index contributed by atoms with van der Waals surface area (Å²) in [6.07, 6.45) is 1.81. The molecular formula is C18H19BrClN3O. The highest BCUT2D eigenvalue weighted by molar-refractivity contribution is 9.10. The average Bonchev–Trinajstić information content (AvgIpc) is 2.92. The Kier molecular flexibility index (Phi) is 5.41. The van der Waals surface area contributed by atoms with Crippen molar-refractivity contribution in [3.05, 3.63) is 51.3 Å². The fourth-order valence-electron chi connectivity index (χ4n) is 2.60. The normalized spacial score (nSPS) is 11.2. The Morgan fingerprint density at radius 1 is 1.17 bits per heavy atom. The third-order valence-corrected chi connectivity index (χ3v) is 4.57. The van der Waals surface area contributed by atoms with Gasteiger partial charge in [0.2, 0.25) is 0 Å². The number of rotatable bonds is 6. The van der Waals surface area contributed by atoms with E-state index in [1.165, 1.54) is 0 Å². The van der Waals surface area contributed by atoms with Crippen molar-refractivity contribution in [1.82, 2.24) is 14.5 Å². The summed E-state index contributed by atoms with van der Waals surface area (Å²) < 4.78 is 8.55. The largest absolute Gasteiger partial charge is 0.494 e. The van der Waals surface area contributed by atoms with Gasteiger partial charge < -0.3 is 9.30 Å². The summed E-state index contributed by atoms with van der Waals surface area (Å²) in [5, 5.41) is 0.697. The van der Waals surface area contributed by atoms with Gasteiger partial charge in [0.25, 0.3) is 0 Å². The quantitative estimate of drug-likeness (QED) is 0.523. The molecule has 126 valence electrons. The van der Waals surface area contributed by atoms with Crippen molar-refractivity contribution in [2.75, 3.05) is 6.61 Å². The van der Waals surface area contributed by atoms with E-state index < -0.39 is 0 Å². The van der Waals surface area contributed by atoms with Crippen molar-refractivity contribution >= 4 is 38.7 Å². The summed E-state index contributed by atoms with van der Waals surface area (Å²) >= 11 is 9.90. The van der Waals surface area contributed by atoms with Crippen LogP contribution in [0.5, 0.6) is 5.75 Å². The van der Waals surface area contributed by atoms with Gasteiger partial charge in [-0.1, -0.05) is 31.5 Å². The molecule has 0 aliphatic heterocycles. The van der Waals surface area contributed by atoms with Crippen LogP contribution in [0.2, 0.25) is 5.02 Å². The molecule has 0 radical (unpaired) electrons. The molecule has 0 saturated heterocycles. The maximum Gasteiger partial charge on any atom is 0.161 e. The van der Waals surface area contributed by atoms with E-state index in [0.29, 0.717) is 18.2 Å². The number of hydrogen-bond acceptors (Lipinski definition) is 3. The molecule has 0 N–H and O–H groups in total. The third kappa shape index (κ3) is 3.57. The molecule has 24 heavy (non-hydrogen) atoms. The molecule has 0 unspecified atom stereocenters. The predicted molar refractivity (Wildman–Crippen MR) is 101 cm³/mol. The SMILES string of the molecule is CCCOc1ccc(Cn2c(CC)nc3ccc(Br)nc32)c(Cl)c1. The van der Waals surface area contributed by atoms with Gasteiger partial charge in [-0.2, -0.15) is 0 Å². The van der Waals surface area contributed by atoms with Crippen LogP contribution < -0.4 is 4.74 Å². The first kappa shape index (κ1) is 17.2. The van der Waals surface area contributed by atoms with Crippen LogP contribution in [0.25, 0.3) is 11.2 Å². The monoisotopic (exact) mass is 407 g/mol. The van der Waals surface area contributed by atoms with Crippen molar-refractivity contribution in [3.8, 4) is 5.75 Å². The standard InChI is InChI=1S/C18H19BrClN3O/c1-3-9-24-13-6-5-12(14(20)10-13)11-23-17(4-2)21-15-7-8-16(19)22-18(15)23/h5-8,10H,3-4,9,11H2,1-2H3. The topological polar surface area (TPSA) is 39.9 Å². The van der Waals surface area contributed by atoms with Crippen LogP contribution >= 0.6 is 27.5 Å². The van der Waals surface area contributed by atoms with Gasteiger partial charge in [0, 0.05) is 11.4 Å². The van der Waals surface area contributed by atoms with Crippen LogP contribution in [0.1, 0.15) is 31.7 Å². The highest BCUT2D eigenvalue weighted by atomic mass is 79.9. The van der Waals surface area contributed by atoms with E-state index in [9.17, 15) is 0 Å². The van der Waals surface area contributed by atoms with E-state index in [0.717, 1.165) is 45.7 Å². The lowest BCUT2D eigenvalue weighted by Gasteiger charge is -2.11. The molecule has 0 atom stereocenters. The molecular weight excluding hydrogens is 390 g/mol. The fourth-order valence-corrected chi connectivity index (χ4v) is 3.13. The Balaban J connectivity index is 1.96. The van der Waals surface area contributed by atoms with Crippen molar-refractivity contribution in [2.24, 2.45) is 0 Å². The number of hydrogen-bond donors (Lipinski definition) is 0. The number of pyridine rings is 1. The highest BCUT2D eigenvalue weighted by Gasteiger charge is 2.13. The minimum Gasteiger partial charge on any atom is -0.494 e. The fraction of sp³-hybridized carbons (Fsp3) is 0.333. The minimum absolute atomic E-state index is 0.635. The van der Waals surface area contributed by atoms with Gasteiger partial charge in [0.05, 0.1) is 13.2 Å². The Bertz CT molecular complexity index is 863. The molecule has 2 heterocycles. The number of aryl methyl sites for hydroxylation is 1. The van der Waals surface area contributed by atoms with Gasteiger partial charge in [0.1, 0.15) is 21.7 Å². The molecule has 0 bridgehead atoms. The van der Waals surface area contributed by atoms with Gasteiger partial charge in [-0.15, -0.1) is 0 Å². The second-order valence-electron chi connectivity index (χ2n) is 5.55. The molecule has 1 aromatic carbocycles. The summed E-state index contributed by atoms with van der Waals surface area (Å²) in [5.41, 5.74) is 2.79. The Morgan fingerprint density at radius 3 is 2.71 bits per heavy atom. The first-order valence-corrected chi connectivity index (χ1v) is 9.22. The maximum absolute atomic E-state index is 6.46. The summed E-state index contributed by atoms with van der Waals surface area (Å²) in [6, 6.07) is 9.74. The summed E-state index contributed by atoms with van der Waals surface area (Å²) in [4.78, 5) is 9.25. The lowest BCUT2D eigenvalue weighted by Crippen LogP contribution is -2.06. The van der Waals surface area contributed by atoms with E-state index in [2.05, 4.69) is 44.3 Å². The van der Waals surface area contributed by atoms with E-state index in [-0.39, 0.29) is 0 Å². The Morgan fingerprint density at radius 2 is 2.00 bits per heavy atom. The van der Waals surface area contributed by atoms with Crippen molar-refractivity contribution < 1.29 is 4.74 Å². The molecule has 3 aromatic rings. The molecule has 3 rings (SSSR count). The number of benzene rings is 1. The zero-order valence-electron chi connectivity index (χ0n) is 13.7. The van der Waals surface area contributed by atoms with Crippen LogP contribution in [-0.4, -0.2) is 21.1 Å². The average molecular weight is 409 g/mol.